The molecule has 0 saturated carbocycles. The number of unbranched alkanes of at least 4 members (excludes halogenated alkanes) is 1. The summed E-state index contributed by atoms with van der Waals surface area (Å²) in [6.07, 6.45) is 2.93. The molecule has 2 aromatic heterocycles. The number of hydrogen-bond donors (Lipinski definition) is 1. The molecule has 1 aromatic carbocycles. The van der Waals surface area contributed by atoms with Gasteiger partial charge >= 0.3 is 0 Å². The predicted molar refractivity (Wildman–Crippen MR) is 94.6 cm³/mol. The van der Waals surface area contributed by atoms with Crippen LogP contribution in [0.4, 0.5) is 0 Å². The van der Waals surface area contributed by atoms with Crippen molar-refractivity contribution in [2.75, 3.05) is 13.0 Å². The lowest BCUT2D eigenvalue weighted by atomic mass is 10.2. The number of ether oxygens (including phenoxy) is 1. The van der Waals surface area contributed by atoms with Crippen LogP contribution in [0, 0.1) is 0 Å². The molecule has 2 heterocycles. The first-order valence-electron chi connectivity index (χ1n) is 8.01. The van der Waals surface area contributed by atoms with Crippen LogP contribution in [0.1, 0.15) is 31.5 Å². The number of rotatable bonds is 8. The monoisotopic (exact) mass is 360 g/mol. The van der Waals surface area contributed by atoms with Crippen LogP contribution in [0.5, 0.6) is 5.75 Å². The van der Waals surface area contributed by atoms with Crippen LogP contribution in [-0.2, 0) is 12.2 Å². The van der Waals surface area contributed by atoms with Crippen LogP contribution < -0.4 is 10.6 Å². The molecule has 0 aliphatic carbocycles. The van der Waals surface area contributed by atoms with Crippen LogP contribution in [-0.4, -0.2) is 32.1 Å². The van der Waals surface area contributed by atoms with Crippen molar-refractivity contribution < 1.29 is 9.26 Å². The van der Waals surface area contributed by atoms with Crippen molar-refractivity contribution >= 4 is 11.8 Å². The van der Waals surface area contributed by atoms with Crippen LogP contribution >= 0.6 is 11.8 Å². The zero-order valence-corrected chi connectivity index (χ0v) is 15.0. The summed E-state index contributed by atoms with van der Waals surface area (Å²) in [5.41, 5.74) is 0.785. The molecule has 0 saturated heterocycles. The highest BCUT2D eigenvalue weighted by molar-refractivity contribution is 7.98. The highest BCUT2D eigenvalue weighted by atomic mass is 32.2. The highest BCUT2D eigenvalue weighted by Crippen LogP contribution is 2.29. The van der Waals surface area contributed by atoms with Gasteiger partial charge in [-0.2, -0.15) is 4.98 Å². The number of nitrogens with two attached hydrogens (primary N) is 1. The molecule has 0 atom stereocenters. The van der Waals surface area contributed by atoms with E-state index in [4.69, 9.17) is 15.1 Å². The molecule has 0 spiro atoms. The van der Waals surface area contributed by atoms with E-state index >= 15 is 0 Å². The van der Waals surface area contributed by atoms with Crippen LogP contribution in [0.2, 0.25) is 0 Å². The fourth-order valence-electron chi connectivity index (χ4n) is 2.30. The molecule has 0 fully saturated rings. The topological polar surface area (TPSA) is 105 Å². The van der Waals surface area contributed by atoms with Gasteiger partial charge in [0, 0.05) is 6.42 Å². The smallest absolute Gasteiger partial charge is 0.226 e. The number of benzene rings is 1. The van der Waals surface area contributed by atoms with Crippen molar-refractivity contribution in [3.05, 3.63) is 36.0 Å². The molecule has 0 radical (unpaired) electrons. The number of para-hydroxylation sites is 1. The van der Waals surface area contributed by atoms with Gasteiger partial charge in [-0.25, -0.2) is 4.68 Å². The van der Waals surface area contributed by atoms with Crippen LogP contribution in [0.25, 0.3) is 11.4 Å². The average molecular weight is 360 g/mol. The van der Waals surface area contributed by atoms with Gasteiger partial charge in [0.2, 0.25) is 11.0 Å². The Morgan fingerprint density at radius 1 is 1.28 bits per heavy atom. The predicted octanol–water partition coefficient (Wildman–Crippen LogP) is 2.69. The Balaban J connectivity index is 1.70. The van der Waals surface area contributed by atoms with E-state index in [2.05, 4.69) is 27.3 Å². The quantitative estimate of drug-likeness (QED) is 0.483. The Hall–Kier alpha value is -2.55. The standard InChI is InChI=1S/C16H20N6O2S/c1-3-4-9-14-18-13(21-24-14)10-25-16-20-19-15(22(16)17)11-7-5-6-8-12(11)23-2/h5-8H,3-4,9-10,17H2,1-2H3. The molecule has 0 bridgehead atoms. The van der Waals surface area contributed by atoms with E-state index in [1.165, 1.54) is 16.4 Å². The zero-order chi connectivity index (χ0) is 17.6. The number of hydrogen-bond acceptors (Lipinski definition) is 8. The van der Waals surface area contributed by atoms with Crippen molar-refractivity contribution in [1.82, 2.24) is 25.0 Å². The second-order valence-electron chi connectivity index (χ2n) is 5.37. The van der Waals surface area contributed by atoms with E-state index in [0.29, 0.717) is 34.2 Å². The van der Waals surface area contributed by atoms with E-state index in [9.17, 15) is 0 Å². The third kappa shape index (κ3) is 3.93. The van der Waals surface area contributed by atoms with Crippen molar-refractivity contribution in [3.8, 4) is 17.1 Å². The van der Waals surface area contributed by atoms with E-state index in [0.717, 1.165) is 24.8 Å². The summed E-state index contributed by atoms with van der Waals surface area (Å²) in [5.74, 6) is 9.18. The number of methoxy groups -OCH3 is 1. The molecule has 0 amide bonds. The first-order chi connectivity index (χ1) is 12.2. The molecule has 0 aliphatic rings. The van der Waals surface area contributed by atoms with Crippen molar-refractivity contribution in [1.29, 1.82) is 0 Å². The number of aryl methyl sites for hydroxylation is 1. The largest absolute Gasteiger partial charge is 0.496 e. The first kappa shape index (κ1) is 17.3. The number of aromatic nitrogens is 5. The van der Waals surface area contributed by atoms with Crippen molar-refractivity contribution in [2.24, 2.45) is 0 Å². The average Bonchev–Trinajstić information content (AvgIpc) is 3.24. The van der Waals surface area contributed by atoms with Gasteiger partial charge in [0.15, 0.2) is 11.6 Å². The van der Waals surface area contributed by atoms with E-state index in [-0.39, 0.29) is 0 Å². The summed E-state index contributed by atoms with van der Waals surface area (Å²) in [4.78, 5) is 4.37. The molecular formula is C16H20N6O2S. The lowest BCUT2D eigenvalue weighted by molar-refractivity contribution is 0.371. The lowest BCUT2D eigenvalue weighted by Gasteiger charge is -2.07. The molecule has 3 rings (SSSR count). The van der Waals surface area contributed by atoms with Crippen molar-refractivity contribution in [2.45, 2.75) is 37.1 Å². The minimum atomic E-state index is 0.511. The van der Waals surface area contributed by atoms with Crippen LogP contribution in [0.15, 0.2) is 33.9 Å². The summed E-state index contributed by atoms with van der Waals surface area (Å²) < 4.78 is 12.0. The normalized spacial score (nSPS) is 11.0. The molecule has 0 aliphatic heterocycles. The fourth-order valence-corrected chi connectivity index (χ4v) is 3.00. The Morgan fingerprint density at radius 3 is 2.92 bits per heavy atom. The Kier molecular flexibility index (Phi) is 5.54. The Bertz CT molecular complexity index is 832. The second-order valence-corrected chi connectivity index (χ2v) is 6.32. The van der Waals surface area contributed by atoms with Gasteiger partial charge in [0.05, 0.1) is 18.4 Å². The minimum Gasteiger partial charge on any atom is -0.496 e. The van der Waals surface area contributed by atoms with Gasteiger partial charge in [-0.3, -0.25) is 0 Å². The highest BCUT2D eigenvalue weighted by Gasteiger charge is 2.16. The van der Waals surface area contributed by atoms with Gasteiger partial charge in [-0.05, 0) is 18.6 Å². The Morgan fingerprint density at radius 2 is 2.12 bits per heavy atom. The third-order valence-electron chi connectivity index (χ3n) is 3.60. The zero-order valence-electron chi connectivity index (χ0n) is 14.2. The summed E-state index contributed by atoms with van der Waals surface area (Å²) in [6.45, 7) is 2.13. The van der Waals surface area contributed by atoms with Gasteiger partial charge < -0.3 is 15.1 Å². The molecule has 3 aromatic rings. The summed E-state index contributed by atoms with van der Waals surface area (Å²) >= 11 is 1.40. The Labute approximate surface area is 149 Å². The molecular weight excluding hydrogens is 340 g/mol. The molecule has 8 nitrogen and oxygen atoms in total. The first-order valence-corrected chi connectivity index (χ1v) is 8.99. The van der Waals surface area contributed by atoms with Crippen LogP contribution in [0.3, 0.4) is 0 Å². The SMILES string of the molecule is CCCCc1nc(CSc2nnc(-c3ccccc3OC)n2N)no1. The van der Waals surface area contributed by atoms with Crippen molar-refractivity contribution in [3.63, 3.8) is 0 Å². The number of nitrogens with zero attached hydrogens (tertiary/aromatic N) is 5. The van der Waals surface area contributed by atoms with Gasteiger partial charge in [0.1, 0.15) is 5.75 Å². The number of nitrogen functional groups attached to an aromatic ring is 1. The molecule has 0 unspecified atom stereocenters. The molecule has 25 heavy (non-hydrogen) atoms. The molecule has 132 valence electrons. The van der Waals surface area contributed by atoms with Gasteiger partial charge in [0.25, 0.3) is 0 Å². The maximum absolute atomic E-state index is 6.15. The summed E-state index contributed by atoms with van der Waals surface area (Å²) in [7, 11) is 1.61. The van der Waals surface area contributed by atoms with E-state index < -0.39 is 0 Å². The fraction of sp³-hybridized carbons (Fsp3) is 0.375. The van der Waals surface area contributed by atoms with Gasteiger partial charge in [-0.15, -0.1) is 10.2 Å². The molecule has 2 N–H and O–H groups in total. The van der Waals surface area contributed by atoms with Gasteiger partial charge in [-0.1, -0.05) is 42.4 Å². The van der Waals surface area contributed by atoms with E-state index in [1.54, 1.807) is 7.11 Å². The minimum absolute atomic E-state index is 0.511. The maximum atomic E-state index is 6.15. The third-order valence-corrected chi connectivity index (χ3v) is 4.54. The molecule has 9 heteroatoms. The maximum Gasteiger partial charge on any atom is 0.226 e. The summed E-state index contributed by atoms with van der Waals surface area (Å²) in [5, 5.41) is 12.9. The number of thioether (sulfide) groups is 1. The lowest BCUT2D eigenvalue weighted by Crippen LogP contribution is -2.12. The second kappa shape index (κ2) is 8.02. The van der Waals surface area contributed by atoms with E-state index in [1.807, 2.05) is 24.3 Å². The summed E-state index contributed by atoms with van der Waals surface area (Å²) in [6, 6.07) is 7.53.